The van der Waals surface area contributed by atoms with Crippen LogP contribution in [0.25, 0.3) is 5.69 Å². The maximum absolute atomic E-state index is 12.0. The first-order chi connectivity index (χ1) is 13.5. The summed E-state index contributed by atoms with van der Waals surface area (Å²) < 4.78 is 1.57. The first kappa shape index (κ1) is 19.6. The van der Waals surface area contributed by atoms with Crippen LogP contribution in [0, 0.1) is 0 Å². The minimum Gasteiger partial charge on any atom is -0.272 e. The Balaban J connectivity index is 1.54. The lowest BCUT2D eigenvalue weighted by Crippen LogP contribution is -2.42. The van der Waals surface area contributed by atoms with E-state index >= 15 is 0 Å². The Labute approximate surface area is 166 Å². The average molecular weight is 396 g/mol. The normalized spacial score (nSPS) is 10.7. The monoisotopic (exact) mass is 396 g/mol. The highest BCUT2D eigenvalue weighted by atomic mass is 32.2. The van der Waals surface area contributed by atoms with Crippen LogP contribution in [-0.4, -0.2) is 37.8 Å². The summed E-state index contributed by atoms with van der Waals surface area (Å²) >= 11 is 1.18. The summed E-state index contributed by atoms with van der Waals surface area (Å²) in [5, 5.41) is 12.1. The van der Waals surface area contributed by atoms with Gasteiger partial charge in [0.15, 0.2) is 0 Å². The van der Waals surface area contributed by atoms with Gasteiger partial charge >= 0.3 is 0 Å². The Hall–Kier alpha value is -3.20. The number of hydrogen-bond donors (Lipinski definition) is 2. The molecule has 8 nitrogen and oxygen atoms in total. The number of carbonyl (C=O) groups excluding carboxylic acids is 2. The molecule has 0 unspecified atom stereocenters. The number of carbonyl (C=O) groups is 2. The van der Waals surface area contributed by atoms with Crippen LogP contribution in [0.2, 0.25) is 0 Å². The van der Waals surface area contributed by atoms with E-state index in [4.69, 9.17) is 0 Å². The number of aromatic nitrogens is 4. The van der Waals surface area contributed by atoms with Crippen LogP contribution in [0.1, 0.15) is 35.7 Å². The SMILES string of the molecule is CC(C)c1ccc(-n2nnnc2SCC(=O)NNC(=O)c2ccccc2)cc1. The molecule has 9 heteroatoms. The van der Waals surface area contributed by atoms with Gasteiger partial charge in [-0.2, -0.15) is 4.68 Å². The van der Waals surface area contributed by atoms with Crippen molar-refractivity contribution < 1.29 is 9.59 Å². The molecule has 1 aromatic heterocycles. The number of tetrazole rings is 1. The zero-order chi connectivity index (χ0) is 19.9. The highest BCUT2D eigenvalue weighted by Gasteiger charge is 2.13. The van der Waals surface area contributed by atoms with Gasteiger partial charge in [0.1, 0.15) is 0 Å². The summed E-state index contributed by atoms with van der Waals surface area (Å²) in [4.78, 5) is 23.9. The van der Waals surface area contributed by atoms with E-state index in [0.717, 1.165) is 5.69 Å². The van der Waals surface area contributed by atoms with Crippen LogP contribution < -0.4 is 10.9 Å². The van der Waals surface area contributed by atoms with E-state index in [2.05, 4.69) is 40.2 Å². The van der Waals surface area contributed by atoms with Gasteiger partial charge in [-0.15, -0.1) is 5.10 Å². The van der Waals surface area contributed by atoms with Gasteiger partial charge in [-0.1, -0.05) is 55.9 Å². The van der Waals surface area contributed by atoms with Crippen LogP contribution in [-0.2, 0) is 4.79 Å². The third-order valence-electron chi connectivity index (χ3n) is 3.93. The molecule has 0 fully saturated rings. The van der Waals surface area contributed by atoms with Gasteiger partial charge in [-0.25, -0.2) is 0 Å². The van der Waals surface area contributed by atoms with Crippen molar-refractivity contribution in [3.8, 4) is 5.69 Å². The number of nitrogens with one attached hydrogen (secondary N) is 2. The molecule has 3 rings (SSSR count). The molecule has 0 aliphatic heterocycles. The second-order valence-corrected chi connectivity index (χ2v) is 7.22. The molecule has 0 aliphatic carbocycles. The fourth-order valence-corrected chi connectivity index (χ4v) is 3.08. The number of benzene rings is 2. The standard InChI is InChI=1S/C19H20N6O2S/c1-13(2)14-8-10-16(11-9-14)25-19(22-23-24-25)28-12-17(26)20-21-18(27)15-6-4-3-5-7-15/h3-11,13H,12H2,1-2H3,(H,20,26)(H,21,27). The Morgan fingerprint density at radius 2 is 1.75 bits per heavy atom. The maximum Gasteiger partial charge on any atom is 0.269 e. The summed E-state index contributed by atoms with van der Waals surface area (Å²) in [7, 11) is 0. The number of rotatable bonds is 6. The first-order valence-corrected chi connectivity index (χ1v) is 9.69. The van der Waals surface area contributed by atoms with Gasteiger partial charge in [-0.05, 0) is 46.2 Å². The Morgan fingerprint density at radius 1 is 1.04 bits per heavy atom. The first-order valence-electron chi connectivity index (χ1n) is 8.70. The second kappa shape index (κ2) is 9.14. The van der Waals surface area contributed by atoms with E-state index in [1.807, 2.05) is 30.3 Å². The Kier molecular flexibility index (Phi) is 6.38. The molecule has 2 N–H and O–H groups in total. The molecular weight excluding hydrogens is 376 g/mol. The van der Waals surface area contributed by atoms with Crippen molar-refractivity contribution in [2.24, 2.45) is 0 Å². The van der Waals surface area contributed by atoms with Gasteiger partial charge in [-0.3, -0.25) is 20.4 Å². The molecule has 0 atom stereocenters. The third kappa shape index (κ3) is 4.95. The van der Waals surface area contributed by atoms with Crippen LogP contribution in [0.3, 0.4) is 0 Å². The predicted molar refractivity (Wildman–Crippen MR) is 106 cm³/mol. The minimum absolute atomic E-state index is 0.0551. The predicted octanol–water partition coefficient (Wildman–Crippen LogP) is 2.34. The molecule has 0 bridgehead atoms. The largest absolute Gasteiger partial charge is 0.272 e. The summed E-state index contributed by atoms with van der Waals surface area (Å²) in [5.41, 5.74) is 7.27. The maximum atomic E-state index is 12.0. The van der Waals surface area contributed by atoms with Gasteiger partial charge in [0.25, 0.3) is 5.91 Å². The lowest BCUT2D eigenvalue weighted by Gasteiger charge is -2.08. The van der Waals surface area contributed by atoms with Gasteiger partial charge in [0, 0.05) is 5.56 Å². The van der Waals surface area contributed by atoms with Crippen LogP contribution in [0.4, 0.5) is 0 Å². The van der Waals surface area contributed by atoms with E-state index < -0.39 is 0 Å². The van der Waals surface area contributed by atoms with Crippen molar-refractivity contribution in [3.63, 3.8) is 0 Å². The zero-order valence-electron chi connectivity index (χ0n) is 15.5. The molecule has 28 heavy (non-hydrogen) atoms. The lowest BCUT2D eigenvalue weighted by molar-refractivity contribution is -0.119. The fraction of sp³-hybridized carbons (Fsp3) is 0.211. The number of hydrogen-bond acceptors (Lipinski definition) is 6. The highest BCUT2D eigenvalue weighted by Crippen LogP contribution is 2.20. The van der Waals surface area contributed by atoms with Crippen molar-refractivity contribution in [2.45, 2.75) is 24.9 Å². The fourth-order valence-electron chi connectivity index (χ4n) is 2.39. The van der Waals surface area contributed by atoms with E-state index in [1.54, 1.807) is 28.9 Å². The minimum atomic E-state index is -0.381. The molecule has 144 valence electrons. The zero-order valence-corrected chi connectivity index (χ0v) is 16.3. The second-order valence-electron chi connectivity index (χ2n) is 6.28. The topological polar surface area (TPSA) is 102 Å². The molecule has 0 saturated carbocycles. The van der Waals surface area contributed by atoms with Gasteiger partial charge in [0.05, 0.1) is 11.4 Å². The number of amides is 2. The molecule has 3 aromatic rings. The van der Waals surface area contributed by atoms with Crippen molar-refractivity contribution in [1.29, 1.82) is 0 Å². The van der Waals surface area contributed by atoms with Gasteiger partial charge < -0.3 is 0 Å². The van der Waals surface area contributed by atoms with Crippen LogP contribution in [0.5, 0.6) is 0 Å². The number of hydrazine groups is 1. The molecule has 0 aliphatic rings. The number of nitrogens with zero attached hydrogens (tertiary/aromatic N) is 4. The molecule has 2 aromatic carbocycles. The molecule has 0 radical (unpaired) electrons. The molecule has 1 heterocycles. The van der Waals surface area contributed by atoms with E-state index in [1.165, 1.54) is 17.3 Å². The van der Waals surface area contributed by atoms with Crippen molar-refractivity contribution in [1.82, 2.24) is 31.1 Å². The third-order valence-corrected chi connectivity index (χ3v) is 4.85. The Bertz CT molecular complexity index is 941. The lowest BCUT2D eigenvalue weighted by atomic mass is 10.0. The number of thioether (sulfide) groups is 1. The molecular formula is C19H20N6O2S. The quantitative estimate of drug-likeness (QED) is 0.490. The summed E-state index contributed by atoms with van der Waals surface area (Å²) in [6, 6.07) is 16.6. The average Bonchev–Trinajstić information content (AvgIpc) is 3.19. The van der Waals surface area contributed by atoms with Crippen molar-refractivity contribution >= 4 is 23.6 Å². The molecule has 0 saturated heterocycles. The molecule has 0 spiro atoms. The van der Waals surface area contributed by atoms with E-state index in [-0.39, 0.29) is 17.6 Å². The molecule has 2 amide bonds. The summed E-state index contributed by atoms with van der Waals surface area (Å²) in [5.74, 6) is -0.251. The highest BCUT2D eigenvalue weighted by molar-refractivity contribution is 7.99. The van der Waals surface area contributed by atoms with Gasteiger partial charge in [0.2, 0.25) is 11.1 Å². The summed E-state index contributed by atoms with van der Waals surface area (Å²) in [6.07, 6.45) is 0. The van der Waals surface area contributed by atoms with E-state index in [9.17, 15) is 9.59 Å². The van der Waals surface area contributed by atoms with Crippen LogP contribution in [0.15, 0.2) is 59.8 Å². The summed E-state index contributed by atoms with van der Waals surface area (Å²) in [6.45, 7) is 4.25. The van der Waals surface area contributed by atoms with Crippen molar-refractivity contribution in [2.75, 3.05) is 5.75 Å². The van der Waals surface area contributed by atoms with Crippen LogP contribution >= 0.6 is 11.8 Å². The Morgan fingerprint density at radius 3 is 2.43 bits per heavy atom. The van der Waals surface area contributed by atoms with Crippen molar-refractivity contribution in [3.05, 3.63) is 65.7 Å². The van der Waals surface area contributed by atoms with E-state index in [0.29, 0.717) is 16.6 Å². The smallest absolute Gasteiger partial charge is 0.269 e.